The van der Waals surface area contributed by atoms with Crippen LogP contribution >= 0.6 is 0 Å². The van der Waals surface area contributed by atoms with E-state index in [9.17, 15) is 38.7 Å². The Kier molecular flexibility index (Phi) is 34.8. The van der Waals surface area contributed by atoms with Gasteiger partial charge in [0.2, 0.25) is 29.7 Å². The first-order valence-corrected chi connectivity index (χ1v) is 48.8. The lowest BCUT2D eigenvalue weighted by molar-refractivity contribution is -0.144. The number of imidazole rings is 4. The first kappa shape index (κ1) is 104. The minimum atomic E-state index is -0.920. The molecule has 764 valence electrons. The molecule has 40 nitrogen and oxygen atoms in total. The van der Waals surface area contributed by atoms with Crippen LogP contribution in [0.25, 0.3) is 134 Å². The third kappa shape index (κ3) is 28.1. The molecule has 0 spiro atoms. The maximum Gasteiger partial charge on any atom is 0.413 e. The number of urea groups is 2. The first-order valence-electron chi connectivity index (χ1n) is 48.8. The molecule has 19 rings (SSSR count). The van der Waals surface area contributed by atoms with Gasteiger partial charge in [-0.25, -0.2) is 49.1 Å². The number of piperazine rings is 1. The van der Waals surface area contributed by atoms with Crippen LogP contribution in [0.5, 0.6) is 0 Å². The molecule has 0 atom stereocenters. The minimum Gasteiger partial charge on any atom is -0.481 e. The summed E-state index contributed by atoms with van der Waals surface area (Å²) in [6, 6.07) is 50.5. The summed E-state index contributed by atoms with van der Waals surface area (Å²) in [7, 11) is 8.04. The van der Waals surface area contributed by atoms with Crippen LogP contribution in [-0.2, 0) is 79.0 Å². The number of benzene rings is 5. The number of morpholine rings is 1. The Hall–Kier alpha value is -17.6. The van der Waals surface area contributed by atoms with Crippen molar-refractivity contribution in [2.75, 3.05) is 122 Å². The molecule has 0 radical (unpaired) electrons. The average molecular weight is 2010 g/mol. The van der Waals surface area contributed by atoms with Crippen molar-refractivity contribution in [2.45, 2.75) is 93.2 Å². The second kappa shape index (κ2) is 49.8. The van der Waals surface area contributed by atoms with Crippen molar-refractivity contribution in [1.82, 2.24) is 120 Å². The molecule has 7 amide bonds. The summed E-state index contributed by atoms with van der Waals surface area (Å²) in [5, 5.41) is 25.3. The third-order valence-electron chi connectivity index (χ3n) is 23.8. The van der Waals surface area contributed by atoms with Gasteiger partial charge in [-0.2, -0.15) is 0 Å². The van der Waals surface area contributed by atoms with E-state index in [0.717, 1.165) is 187 Å². The number of hydrogen-bond acceptors (Lipinski definition) is 28. The maximum absolute atomic E-state index is 12.6. The first-order chi connectivity index (χ1) is 72.3. The van der Waals surface area contributed by atoms with Crippen molar-refractivity contribution in [3.63, 3.8) is 0 Å². The van der Waals surface area contributed by atoms with Gasteiger partial charge < -0.3 is 69.3 Å². The summed E-state index contributed by atoms with van der Waals surface area (Å²) in [4.78, 5) is 166. The molecule has 0 unspecified atom stereocenters. The highest BCUT2D eigenvalue weighted by Gasteiger charge is 2.28. The standard InChI is InChI=1S/C32H33N7O3.C27H30N8O3.C25H27N7O3.C25H26N6O3/c1-4-34-32(41)38-31-36-28-16-24(15-26(30(28)37-31)27-13-22(10-11-35-27)19-39(2)3)25-12-23(17-33-18-25)14-29(40)42-20-21-8-6-5-7-9-21;1-4-38-27(37)33-26-31-22-13-19(12-21(24(22)32-26)25-28-8-5-9-29-25)18-6-7-20(30-14-18)15-34-10-11-35(17(2)3)23(36)16-34;1-4-27-25(35)31-24-29-21-11-17(18-7-16(9-22(33)34)12-26-13-18)10-19(23(21)30-24)20-8-15(5-6-28-20)14-32(2)3;1-2-34-25(32)30-24-28-22-14-19(18-4-3-6-26-15-18)13-20(23(22)29-24)21-12-17(5-7-27-21)16-31-8-10-33-11-9-31/h5-13,15-18H,4,14,19-20H2,1-3H3,(H3,34,36,37,38,41);5-9,12-14,17H,4,10-11,15-16H2,1-3H3,(H2,31,32,33,37);5-8,10-13H,4,9,14H2,1-3H3,(H,33,34)(H3,27,29,30,31,35);3-7,12-15H,2,8-11,16H2,1H3,(H2,28,29,30,32). The molecular weight excluding hydrogens is 1890 g/mol. The molecule has 40 heteroatoms. The van der Waals surface area contributed by atoms with Crippen molar-refractivity contribution in [1.29, 1.82) is 0 Å². The number of carbonyl (C=O) groups is 7. The van der Waals surface area contributed by atoms with E-state index in [4.69, 9.17) is 18.9 Å². The zero-order valence-electron chi connectivity index (χ0n) is 84.2. The van der Waals surface area contributed by atoms with Crippen LogP contribution in [0.1, 0.15) is 80.6 Å². The number of aromatic amines is 4. The summed E-state index contributed by atoms with van der Waals surface area (Å²) in [6.45, 7) is 21.3. The monoisotopic (exact) mass is 2010 g/mol. The number of pyridine rings is 7. The molecule has 11 N–H and O–H groups in total. The fourth-order valence-electron chi connectivity index (χ4n) is 17.1. The number of fused-ring (bicyclic) bond motifs is 4. The maximum atomic E-state index is 12.6. The smallest absolute Gasteiger partial charge is 0.413 e. The molecule has 12 aromatic heterocycles. The number of esters is 1. The molecule has 5 aromatic carbocycles. The van der Waals surface area contributed by atoms with Crippen molar-refractivity contribution in [2.24, 2.45) is 0 Å². The molecule has 2 saturated heterocycles. The fraction of sp³-hybridized carbons (Fsp3) is 0.266. The van der Waals surface area contributed by atoms with Gasteiger partial charge in [-0.1, -0.05) is 42.5 Å². The molecule has 2 fully saturated rings. The van der Waals surface area contributed by atoms with E-state index >= 15 is 0 Å². The number of anilines is 4. The van der Waals surface area contributed by atoms with Gasteiger partial charge in [0, 0.05) is 190 Å². The molecule has 149 heavy (non-hydrogen) atoms. The molecular formula is C109H116N28O12. The number of nitrogens with one attached hydrogen (secondary N) is 10. The van der Waals surface area contributed by atoms with Gasteiger partial charge in [0.1, 0.15) is 12.1 Å². The Bertz CT molecular complexity index is 7570. The Labute approximate surface area is 858 Å². The van der Waals surface area contributed by atoms with Crippen LogP contribution in [0.2, 0.25) is 0 Å². The second-order valence-corrected chi connectivity index (χ2v) is 36.0. The Morgan fingerprint density at radius 2 is 0.886 bits per heavy atom. The molecule has 0 aliphatic carbocycles. The van der Waals surface area contributed by atoms with Gasteiger partial charge in [0.05, 0.1) is 107 Å². The molecule has 2 aliphatic heterocycles. The molecule has 0 saturated carbocycles. The normalized spacial score (nSPS) is 12.6. The van der Waals surface area contributed by atoms with E-state index < -0.39 is 18.2 Å². The number of aliphatic carboxylic acids is 1. The second-order valence-electron chi connectivity index (χ2n) is 36.0. The predicted octanol–water partition coefficient (Wildman–Crippen LogP) is 16.5. The van der Waals surface area contributed by atoms with Gasteiger partial charge in [0.25, 0.3) is 0 Å². The van der Waals surface area contributed by atoms with Crippen LogP contribution in [0, 0.1) is 0 Å². The summed E-state index contributed by atoms with van der Waals surface area (Å²) in [6.07, 6.45) is 19.6. The van der Waals surface area contributed by atoms with E-state index in [2.05, 4.69) is 148 Å². The van der Waals surface area contributed by atoms with Gasteiger partial charge in [-0.3, -0.25) is 80.3 Å². The summed E-state index contributed by atoms with van der Waals surface area (Å²) in [5.74, 6) is 0.655. The number of carboxylic acids is 1. The molecule has 0 bridgehead atoms. The summed E-state index contributed by atoms with van der Waals surface area (Å²) < 4.78 is 20.9. The largest absolute Gasteiger partial charge is 0.481 e. The number of amides is 7. The number of hydrogen-bond donors (Lipinski definition) is 11. The third-order valence-corrected chi connectivity index (χ3v) is 23.8. The van der Waals surface area contributed by atoms with Crippen LogP contribution < -0.4 is 31.9 Å². The van der Waals surface area contributed by atoms with Crippen molar-refractivity contribution in [3.8, 4) is 89.7 Å². The van der Waals surface area contributed by atoms with Crippen molar-refractivity contribution >= 4 is 110 Å². The van der Waals surface area contributed by atoms with Crippen LogP contribution in [0.3, 0.4) is 0 Å². The molecule has 17 aromatic rings. The van der Waals surface area contributed by atoms with Gasteiger partial charge in [-0.15, -0.1) is 0 Å². The highest BCUT2D eigenvalue weighted by Crippen LogP contribution is 2.40. The minimum absolute atomic E-state index is 0.0988. The zero-order valence-corrected chi connectivity index (χ0v) is 84.2. The van der Waals surface area contributed by atoms with E-state index in [-0.39, 0.29) is 68.6 Å². The van der Waals surface area contributed by atoms with E-state index in [0.29, 0.717) is 83.0 Å². The van der Waals surface area contributed by atoms with Crippen LogP contribution in [-0.4, -0.2) is 263 Å². The lowest BCUT2D eigenvalue weighted by atomic mass is 9.99. The van der Waals surface area contributed by atoms with E-state index in [1.165, 1.54) is 5.56 Å². The quantitative estimate of drug-likeness (QED) is 0.0142. The SMILES string of the molecule is CCNC(=O)Nc1nc2c(-c3cc(CN(C)C)ccn3)cc(-c3cncc(CC(=O)O)c3)cc2[nH]1.CCNC(=O)Nc1nc2c(-c3cc(CN(C)C)ccn3)cc(-c3cncc(CC(=O)OCc4ccccc4)c3)cc2[nH]1.CCOC(=O)Nc1nc2c(-c3cc(CN4CCOCC4)ccn3)cc(-c3cccnc3)cc2[nH]1.CCOC(=O)Nc1nc2c(-c3ncccn3)cc(-c3ccc(CN4CCN(C(C)C)C(=O)C4)nc3)cc2[nH]1. The Morgan fingerprint density at radius 3 is 1.35 bits per heavy atom. The predicted molar refractivity (Wildman–Crippen MR) is 569 cm³/mol. The fourth-order valence-corrected chi connectivity index (χ4v) is 17.1. The van der Waals surface area contributed by atoms with Crippen molar-refractivity contribution < 1.29 is 57.6 Å². The Morgan fingerprint density at radius 1 is 0.416 bits per heavy atom. The number of carboxylic acid groups (broad SMARTS) is 1. The number of rotatable bonds is 31. The number of nitrogens with zero attached hydrogens (tertiary/aromatic N) is 18. The van der Waals surface area contributed by atoms with E-state index in [1.54, 1.807) is 75.7 Å². The summed E-state index contributed by atoms with van der Waals surface area (Å²) in [5.41, 5.74) is 24.6. The lowest BCUT2D eigenvalue weighted by Gasteiger charge is -2.36. The van der Waals surface area contributed by atoms with Gasteiger partial charge >= 0.3 is 36.2 Å². The number of aromatic nitrogens is 17. The molecule has 14 heterocycles. The van der Waals surface area contributed by atoms with Crippen LogP contribution in [0.4, 0.5) is 43.0 Å². The average Bonchev–Trinajstić information content (AvgIpc) is 1.65. The Balaban J connectivity index is 0.000000142. The van der Waals surface area contributed by atoms with E-state index in [1.807, 2.05) is 219 Å². The molecule has 2 aliphatic rings. The van der Waals surface area contributed by atoms with Gasteiger partial charge in [0.15, 0.2) is 5.82 Å². The summed E-state index contributed by atoms with van der Waals surface area (Å²) >= 11 is 0. The highest BCUT2D eigenvalue weighted by atomic mass is 16.6. The van der Waals surface area contributed by atoms with Crippen LogP contribution in [0.15, 0.2) is 232 Å². The highest BCUT2D eigenvalue weighted by molar-refractivity contribution is 6.02. The topological polar surface area (TPSA) is 496 Å². The number of ether oxygens (including phenoxy) is 4. The zero-order chi connectivity index (χ0) is 104. The number of H-pyrrole nitrogens is 4. The van der Waals surface area contributed by atoms with Crippen molar-refractivity contribution in [3.05, 3.63) is 271 Å². The van der Waals surface area contributed by atoms with Gasteiger partial charge in [-0.05, 0) is 241 Å². The lowest BCUT2D eigenvalue weighted by Crippen LogP contribution is -2.52. The number of carbonyl (C=O) groups excluding carboxylic acids is 6.